The molecule has 0 amide bonds. The molecule has 0 saturated carbocycles. The van der Waals surface area contributed by atoms with E-state index in [2.05, 4.69) is 34.6 Å². The molecule has 2 heteroatoms. The summed E-state index contributed by atoms with van der Waals surface area (Å²) >= 11 is 0. The van der Waals surface area contributed by atoms with Gasteiger partial charge in [0.2, 0.25) is 0 Å². The van der Waals surface area contributed by atoms with Crippen LogP contribution in [0.5, 0.6) is 0 Å². The van der Waals surface area contributed by atoms with E-state index in [4.69, 9.17) is 0 Å². The Labute approximate surface area is 95.1 Å². The summed E-state index contributed by atoms with van der Waals surface area (Å²) in [4.78, 5) is 3.64. The van der Waals surface area contributed by atoms with Crippen molar-refractivity contribution in [3.63, 3.8) is 0 Å². The van der Waals surface area contributed by atoms with Crippen LogP contribution in [0.4, 0.5) is 0 Å². The van der Waals surface area contributed by atoms with Crippen molar-refractivity contribution in [3.05, 3.63) is 35.5 Å². The monoisotopic (exact) mass is 212 g/mol. The molecule has 2 N–H and O–H groups in total. The van der Waals surface area contributed by atoms with Crippen molar-refractivity contribution in [2.75, 3.05) is 6.54 Å². The van der Waals surface area contributed by atoms with E-state index in [0.29, 0.717) is 6.04 Å². The average Bonchev–Trinajstić information content (AvgIpc) is 2.69. The van der Waals surface area contributed by atoms with E-state index in [9.17, 15) is 0 Å². The van der Waals surface area contributed by atoms with Gasteiger partial charge < -0.3 is 10.3 Å². The normalized spacial score (nSPS) is 28.0. The second-order valence-electron chi connectivity index (χ2n) is 5.14. The van der Waals surface area contributed by atoms with Crippen LogP contribution in [0, 0.1) is 0 Å². The van der Waals surface area contributed by atoms with E-state index in [-0.39, 0.29) is 0 Å². The summed E-state index contributed by atoms with van der Waals surface area (Å²) < 4.78 is 0. The number of hydrogen-bond acceptors (Lipinski definition) is 1. The van der Waals surface area contributed by atoms with Gasteiger partial charge in [0.05, 0.1) is 0 Å². The Morgan fingerprint density at radius 1 is 1.19 bits per heavy atom. The molecule has 2 nitrogen and oxygen atoms in total. The summed E-state index contributed by atoms with van der Waals surface area (Å²) in [6.45, 7) is 1.18. The number of H-pyrrole nitrogens is 1. The standard InChI is InChI=1S/C14H16N2/c1-2-4-13-11(3-1)12-8-10-7-9(5-6-15-10)14(12)16-13/h1-4,9-10,15-16H,5-8H2/t9-,10?/m1/s1. The van der Waals surface area contributed by atoms with Crippen molar-refractivity contribution in [2.45, 2.75) is 31.2 Å². The minimum atomic E-state index is 0.713. The van der Waals surface area contributed by atoms with Gasteiger partial charge in [0.1, 0.15) is 0 Å². The molecule has 2 bridgehead atoms. The first-order chi connectivity index (χ1) is 7.92. The number of aromatic nitrogens is 1. The van der Waals surface area contributed by atoms with E-state index in [1.54, 1.807) is 5.56 Å². The quantitative estimate of drug-likeness (QED) is 0.690. The van der Waals surface area contributed by atoms with Gasteiger partial charge in [-0.05, 0) is 37.4 Å². The summed E-state index contributed by atoms with van der Waals surface area (Å²) in [6.07, 6.45) is 3.81. The van der Waals surface area contributed by atoms with Gasteiger partial charge in [0, 0.05) is 28.6 Å². The van der Waals surface area contributed by atoms with Crippen molar-refractivity contribution in [1.29, 1.82) is 0 Å². The average molecular weight is 212 g/mol. The van der Waals surface area contributed by atoms with Gasteiger partial charge in [-0.25, -0.2) is 0 Å². The maximum atomic E-state index is 3.64. The first-order valence-corrected chi connectivity index (χ1v) is 6.24. The smallest absolute Gasteiger partial charge is 0.0459 e. The molecular weight excluding hydrogens is 196 g/mol. The first kappa shape index (κ1) is 8.82. The van der Waals surface area contributed by atoms with Crippen molar-refractivity contribution in [2.24, 2.45) is 0 Å². The minimum Gasteiger partial charge on any atom is -0.358 e. The number of para-hydroxylation sites is 1. The molecule has 0 radical (unpaired) electrons. The van der Waals surface area contributed by atoms with Crippen LogP contribution in [0.15, 0.2) is 24.3 Å². The Bertz CT molecular complexity index is 541. The molecule has 2 heterocycles. The lowest BCUT2D eigenvalue weighted by Crippen LogP contribution is -2.41. The largest absolute Gasteiger partial charge is 0.358 e. The molecule has 1 fully saturated rings. The highest BCUT2D eigenvalue weighted by atomic mass is 14.9. The van der Waals surface area contributed by atoms with Crippen molar-refractivity contribution in [3.8, 4) is 0 Å². The Balaban J connectivity index is 1.97. The van der Waals surface area contributed by atoms with Gasteiger partial charge in [-0.3, -0.25) is 0 Å². The fourth-order valence-corrected chi connectivity index (χ4v) is 3.46. The number of aromatic amines is 1. The van der Waals surface area contributed by atoms with Crippen LogP contribution in [0.1, 0.15) is 30.0 Å². The van der Waals surface area contributed by atoms with E-state index in [1.807, 2.05) is 0 Å². The molecule has 0 spiro atoms. The summed E-state index contributed by atoms with van der Waals surface area (Å²) in [5.74, 6) is 0.766. The Hall–Kier alpha value is -1.28. The molecule has 82 valence electrons. The Morgan fingerprint density at radius 2 is 2.12 bits per heavy atom. The van der Waals surface area contributed by atoms with Gasteiger partial charge in [-0.15, -0.1) is 0 Å². The van der Waals surface area contributed by atoms with Gasteiger partial charge >= 0.3 is 0 Å². The summed E-state index contributed by atoms with van der Waals surface area (Å²) in [6, 6.07) is 9.44. The molecule has 2 atom stereocenters. The van der Waals surface area contributed by atoms with Crippen LogP contribution < -0.4 is 5.32 Å². The van der Waals surface area contributed by atoms with Gasteiger partial charge in [0.25, 0.3) is 0 Å². The Kier molecular flexibility index (Phi) is 1.71. The minimum absolute atomic E-state index is 0.713. The zero-order chi connectivity index (χ0) is 10.5. The van der Waals surface area contributed by atoms with Crippen LogP contribution in [0.25, 0.3) is 10.9 Å². The van der Waals surface area contributed by atoms with Crippen LogP contribution in [0.3, 0.4) is 0 Å². The SMILES string of the molecule is c1ccc2c3c([nH]c2c1)[C@@H]1CCNC(C3)C1. The molecule has 1 aliphatic carbocycles. The van der Waals surface area contributed by atoms with Crippen LogP contribution >= 0.6 is 0 Å². The highest BCUT2D eigenvalue weighted by Crippen LogP contribution is 2.39. The van der Waals surface area contributed by atoms with Crippen LogP contribution in [-0.4, -0.2) is 17.6 Å². The van der Waals surface area contributed by atoms with E-state index in [1.165, 1.54) is 42.4 Å². The maximum absolute atomic E-state index is 3.64. The molecule has 1 aromatic carbocycles. The third-order valence-electron chi connectivity index (χ3n) is 4.20. The number of piperidine rings is 1. The topological polar surface area (TPSA) is 27.8 Å². The molecule has 4 rings (SSSR count). The van der Waals surface area contributed by atoms with E-state index >= 15 is 0 Å². The van der Waals surface area contributed by atoms with Crippen LogP contribution in [-0.2, 0) is 6.42 Å². The zero-order valence-electron chi connectivity index (χ0n) is 9.29. The maximum Gasteiger partial charge on any atom is 0.0459 e. The predicted molar refractivity (Wildman–Crippen MR) is 65.8 cm³/mol. The lowest BCUT2D eigenvalue weighted by atomic mass is 9.79. The molecule has 1 saturated heterocycles. The predicted octanol–water partition coefficient (Wildman–Crippen LogP) is 2.56. The summed E-state index contributed by atoms with van der Waals surface area (Å²) in [5, 5.41) is 5.07. The van der Waals surface area contributed by atoms with Crippen molar-refractivity contribution >= 4 is 10.9 Å². The number of rotatable bonds is 0. The van der Waals surface area contributed by atoms with E-state index in [0.717, 1.165) is 5.92 Å². The highest BCUT2D eigenvalue weighted by molar-refractivity contribution is 5.85. The molecule has 16 heavy (non-hydrogen) atoms. The van der Waals surface area contributed by atoms with Crippen molar-refractivity contribution < 1.29 is 0 Å². The number of benzene rings is 1. The summed E-state index contributed by atoms with van der Waals surface area (Å²) in [5.41, 5.74) is 4.42. The molecular formula is C14H16N2. The van der Waals surface area contributed by atoms with Crippen LogP contribution in [0.2, 0.25) is 0 Å². The number of nitrogens with one attached hydrogen (secondary N) is 2. The summed E-state index contributed by atoms with van der Waals surface area (Å²) in [7, 11) is 0. The second-order valence-corrected chi connectivity index (χ2v) is 5.14. The zero-order valence-corrected chi connectivity index (χ0v) is 9.29. The second kappa shape index (κ2) is 3.11. The fourth-order valence-electron chi connectivity index (χ4n) is 3.46. The first-order valence-electron chi connectivity index (χ1n) is 6.24. The number of hydrogen-bond donors (Lipinski definition) is 2. The highest BCUT2D eigenvalue weighted by Gasteiger charge is 2.32. The van der Waals surface area contributed by atoms with E-state index < -0.39 is 0 Å². The van der Waals surface area contributed by atoms with Gasteiger partial charge in [-0.1, -0.05) is 18.2 Å². The van der Waals surface area contributed by atoms with Gasteiger partial charge in [-0.2, -0.15) is 0 Å². The van der Waals surface area contributed by atoms with Crippen molar-refractivity contribution in [1.82, 2.24) is 10.3 Å². The molecule has 1 aromatic heterocycles. The molecule has 1 unspecified atom stereocenters. The third kappa shape index (κ3) is 1.11. The van der Waals surface area contributed by atoms with Gasteiger partial charge in [0.15, 0.2) is 0 Å². The lowest BCUT2D eigenvalue weighted by Gasteiger charge is -2.35. The third-order valence-corrected chi connectivity index (χ3v) is 4.20. The number of fused-ring (bicyclic) bond motifs is 6. The Morgan fingerprint density at radius 3 is 3.12 bits per heavy atom. The molecule has 2 aromatic rings. The fraction of sp³-hybridized carbons (Fsp3) is 0.429. The molecule has 2 aliphatic rings. The lowest BCUT2D eigenvalue weighted by molar-refractivity contribution is 0.336. The molecule has 1 aliphatic heterocycles.